The minimum Gasteiger partial charge on any atom is -0.490 e. The molecule has 8 nitrogen and oxygen atoms in total. The summed E-state index contributed by atoms with van der Waals surface area (Å²) in [5.74, 6) is 2.97. The number of ether oxygens (including phenoxy) is 1. The molecule has 1 saturated heterocycles. The number of nitrogens with zero attached hydrogens (tertiary/aromatic N) is 4. The fraction of sp³-hybridized carbons (Fsp3) is 0.538. The number of hydrogen-bond donors (Lipinski definition) is 2. The molecule has 1 aromatic carbocycles. The van der Waals surface area contributed by atoms with Crippen molar-refractivity contribution < 1.29 is 14.6 Å². The van der Waals surface area contributed by atoms with Crippen molar-refractivity contribution in [3.05, 3.63) is 52.5 Å². The number of aliphatic hydroxyl groups excluding tert-OH is 1. The molecule has 3 atom stereocenters. The molecule has 1 amide bonds. The van der Waals surface area contributed by atoms with Crippen LogP contribution in [0.5, 0.6) is 5.75 Å². The summed E-state index contributed by atoms with van der Waals surface area (Å²) in [4.78, 5) is 18.3. The van der Waals surface area contributed by atoms with Gasteiger partial charge < -0.3 is 20.1 Å². The van der Waals surface area contributed by atoms with Crippen molar-refractivity contribution in [1.82, 2.24) is 15.5 Å². The first-order valence-electron chi connectivity index (χ1n) is 12.4. The van der Waals surface area contributed by atoms with E-state index in [1.807, 2.05) is 6.07 Å². The third-order valence-electron chi connectivity index (χ3n) is 7.67. The number of benzene rings is 1. The zero-order valence-corrected chi connectivity index (χ0v) is 20.3. The molecule has 0 bridgehead atoms. The van der Waals surface area contributed by atoms with Gasteiger partial charge in [-0.1, -0.05) is 17.7 Å². The number of amides is 1. The number of rotatable bonds is 6. The summed E-state index contributed by atoms with van der Waals surface area (Å²) in [5, 5.41) is 21.4. The third-order valence-corrected chi connectivity index (χ3v) is 7.97. The summed E-state index contributed by atoms with van der Waals surface area (Å²) in [7, 11) is 0. The van der Waals surface area contributed by atoms with E-state index in [4.69, 9.17) is 22.9 Å². The van der Waals surface area contributed by atoms with Crippen LogP contribution in [-0.2, 0) is 0 Å². The first-order valence-corrected chi connectivity index (χ1v) is 12.7. The third kappa shape index (κ3) is 5.36. The number of carbonyl (C=O) groups is 1. The van der Waals surface area contributed by atoms with Crippen molar-refractivity contribution in [2.24, 2.45) is 17.8 Å². The van der Waals surface area contributed by atoms with Gasteiger partial charge in [0.2, 0.25) is 5.69 Å². The number of aromatic nitrogens is 2. The Bertz CT molecular complexity index is 1080. The van der Waals surface area contributed by atoms with Gasteiger partial charge in [0.25, 0.3) is 5.91 Å². The topological polar surface area (TPSA) is 91.9 Å². The van der Waals surface area contributed by atoms with Crippen LogP contribution in [0.3, 0.4) is 0 Å². The van der Waals surface area contributed by atoms with Gasteiger partial charge in [-0.25, -0.2) is 4.85 Å². The molecule has 2 N–H and O–H groups in total. The van der Waals surface area contributed by atoms with Crippen LogP contribution in [-0.4, -0.2) is 53.1 Å². The first-order chi connectivity index (χ1) is 17.0. The fourth-order valence-electron chi connectivity index (χ4n) is 5.80. The van der Waals surface area contributed by atoms with Gasteiger partial charge in [0.05, 0.1) is 17.7 Å². The maximum absolute atomic E-state index is 12.7. The van der Waals surface area contributed by atoms with Crippen molar-refractivity contribution in [3.63, 3.8) is 0 Å². The molecule has 2 aliphatic carbocycles. The maximum atomic E-state index is 12.7. The molecule has 2 heterocycles. The van der Waals surface area contributed by atoms with E-state index >= 15 is 0 Å². The highest BCUT2D eigenvalue weighted by atomic mass is 35.5. The molecule has 0 radical (unpaired) electrons. The number of carbonyl (C=O) groups excluding carboxylic acids is 1. The lowest BCUT2D eigenvalue weighted by Crippen LogP contribution is -2.40. The number of aliphatic hydroxyl groups is 1. The van der Waals surface area contributed by atoms with Crippen molar-refractivity contribution >= 4 is 29.0 Å². The van der Waals surface area contributed by atoms with Crippen LogP contribution in [0.2, 0.25) is 5.02 Å². The maximum Gasteiger partial charge on any atom is 0.272 e. The molecule has 9 heteroatoms. The summed E-state index contributed by atoms with van der Waals surface area (Å²) in [6.45, 7) is 9.27. The van der Waals surface area contributed by atoms with Crippen LogP contribution in [0.15, 0.2) is 30.3 Å². The number of halogens is 1. The molecule has 1 aromatic heterocycles. The molecule has 2 aromatic rings. The molecule has 3 fully saturated rings. The molecule has 1 unspecified atom stereocenters. The molecular weight excluding hydrogens is 466 g/mol. The quantitative estimate of drug-likeness (QED) is 0.582. The van der Waals surface area contributed by atoms with E-state index in [9.17, 15) is 9.90 Å². The average Bonchev–Trinajstić information content (AvgIpc) is 3.45. The summed E-state index contributed by atoms with van der Waals surface area (Å²) in [5.41, 5.74) is 0.752. The molecule has 2 saturated carbocycles. The van der Waals surface area contributed by atoms with Gasteiger partial charge in [-0.2, -0.15) is 0 Å². The zero-order chi connectivity index (χ0) is 24.4. The Balaban J connectivity index is 1.08. The van der Waals surface area contributed by atoms with E-state index in [2.05, 4.69) is 25.3 Å². The normalized spacial score (nSPS) is 27.8. The van der Waals surface area contributed by atoms with Crippen LogP contribution in [0.25, 0.3) is 4.85 Å². The van der Waals surface area contributed by atoms with Crippen molar-refractivity contribution in [2.45, 2.75) is 50.7 Å². The Morgan fingerprint density at radius 3 is 2.49 bits per heavy atom. The van der Waals surface area contributed by atoms with Gasteiger partial charge in [0.15, 0.2) is 11.5 Å². The van der Waals surface area contributed by atoms with Gasteiger partial charge in [0, 0.05) is 25.7 Å². The molecular formula is C26H30ClN5O3. The minimum absolute atomic E-state index is 0.0599. The number of nitrogens with one attached hydrogen (secondary N) is 1. The molecule has 0 spiro atoms. The van der Waals surface area contributed by atoms with E-state index in [1.54, 1.807) is 24.3 Å². The molecule has 1 aliphatic heterocycles. The van der Waals surface area contributed by atoms with E-state index in [1.165, 1.54) is 0 Å². The van der Waals surface area contributed by atoms with E-state index in [0.717, 1.165) is 57.4 Å². The van der Waals surface area contributed by atoms with Crippen LogP contribution >= 0.6 is 11.6 Å². The first kappa shape index (κ1) is 23.8. The predicted octanol–water partition coefficient (Wildman–Crippen LogP) is 4.26. The fourth-order valence-corrected chi connectivity index (χ4v) is 6.02. The van der Waals surface area contributed by atoms with Crippen LogP contribution in [0, 0.1) is 24.3 Å². The highest BCUT2D eigenvalue weighted by molar-refractivity contribution is 6.33. The van der Waals surface area contributed by atoms with E-state index in [-0.39, 0.29) is 24.7 Å². The Kier molecular flexibility index (Phi) is 7.07. The summed E-state index contributed by atoms with van der Waals surface area (Å²) >= 11 is 6.10. The smallest absolute Gasteiger partial charge is 0.272 e. The summed E-state index contributed by atoms with van der Waals surface area (Å²) in [6, 6.07) is 8.86. The molecule has 3 aliphatic rings. The van der Waals surface area contributed by atoms with E-state index in [0.29, 0.717) is 39.9 Å². The largest absolute Gasteiger partial charge is 0.490 e. The summed E-state index contributed by atoms with van der Waals surface area (Å²) in [6.07, 6.45) is 5.52. The zero-order valence-electron chi connectivity index (χ0n) is 19.6. The Morgan fingerprint density at radius 2 is 1.89 bits per heavy atom. The highest BCUT2D eigenvalue weighted by Crippen LogP contribution is 2.42. The molecule has 35 heavy (non-hydrogen) atoms. The predicted molar refractivity (Wildman–Crippen MR) is 133 cm³/mol. The van der Waals surface area contributed by atoms with Gasteiger partial charge in [-0.15, -0.1) is 10.2 Å². The van der Waals surface area contributed by atoms with Crippen molar-refractivity contribution in [2.75, 3.05) is 24.6 Å². The van der Waals surface area contributed by atoms with Crippen LogP contribution in [0.1, 0.15) is 49.0 Å². The minimum atomic E-state index is -0.195. The van der Waals surface area contributed by atoms with Crippen LogP contribution < -0.4 is 15.0 Å². The Morgan fingerprint density at radius 1 is 1.14 bits per heavy atom. The average molecular weight is 496 g/mol. The van der Waals surface area contributed by atoms with Gasteiger partial charge in [0.1, 0.15) is 5.75 Å². The number of anilines is 1. The Hall–Kier alpha value is -2.89. The number of hydrogen-bond acceptors (Lipinski definition) is 6. The van der Waals surface area contributed by atoms with Gasteiger partial charge >= 0.3 is 0 Å². The van der Waals surface area contributed by atoms with Gasteiger partial charge in [-0.05, 0) is 80.5 Å². The second-order valence-electron chi connectivity index (χ2n) is 10.0. The lowest BCUT2D eigenvalue weighted by molar-refractivity contribution is 0.0888. The lowest BCUT2D eigenvalue weighted by Gasteiger charge is -2.29. The van der Waals surface area contributed by atoms with Gasteiger partial charge in [-0.3, -0.25) is 4.79 Å². The molecule has 5 rings (SSSR count). The number of fused-ring (bicyclic) bond motifs is 1. The lowest BCUT2D eigenvalue weighted by atomic mass is 9.93. The Labute approximate surface area is 210 Å². The second kappa shape index (κ2) is 10.4. The highest BCUT2D eigenvalue weighted by Gasteiger charge is 2.41. The summed E-state index contributed by atoms with van der Waals surface area (Å²) < 4.78 is 6.04. The monoisotopic (exact) mass is 495 g/mol. The van der Waals surface area contributed by atoms with Crippen molar-refractivity contribution in [3.8, 4) is 5.75 Å². The standard InChI is InChI=1S/C26H30ClN5O3/c1-28-23-7-6-21(12-22(23)27)35-20-4-2-19(3-5-20)29-26(34)24-8-9-25(31-30-24)32-13-17-10-16(15-33)11-18(17)14-32/h6-9,12,16-20,33H,2-5,10-11,13-15H2,(H,29,34)/t16?,17-,18+,19?,20?. The van der Waals surface area contributed by atoms with Crippen molar-refractivity contribution in [1.29, 1.82) is 0 Å². The SMILES string of the molecule is [C-]#[N+]c1ccc(OC2CCC(NC(=O)c3ccc(N4C[C@H]5CC(CO)C[C@H]5C4)nn3)CC2)cc1Cl. The second-order valence-corrected chi connectivity index (χ2v) is 10.4. The van der Waals surface area contributed by atoms with E-state index < -0.39 is 0 Å². The molecule has 184 valence electrons. The van der Waals surface area contributed by atoms with Crippen LogP contribution in [0.4, 0.5) is 11.5 Å².